The summed E-state index contributed by atoms with van der Waals surface area (Å²) < 4.78 is 27.3. The second kappa shape index (κ2) is 8.74. The number of amides is 1. The Morgan fingerprint density at radius 2 is 1.85 bits per heavy atom. The van der Waals surface area contributed by atoms with Crippen LogP contribution in [-0.2, 0) is 14.8 Å². The molecule has 4 aromatic rings. The van der Waals surface area contributed by atoms with Crippen LogP contribution < -0.4 is 5.32 Å². The van der Waals surface area contributed by atoms with E-state index < -0.39 is 10.0 Å². The number of hydrogen-bond donors (Lipinski definition) is 2. The summed E-state index contributed by atoms with van der Waals surface area (Å²) in [5, 5.41) is 6.49. The van der Waals surface area contributed by atoms with Crippen molar-refractivity contribution in [1.82, 2.24) is 14.3 Å². The molecular formula is C24H24N4O3S2. The highest BCUT2D eigenvalue weighted by molar-refractivity contribution is 7.89. The number of para-hydroxylation sites is 1. The highest BCUT2D eigenvalue weighted by atomic mass is 32.2. The van der Waals surface area contributed by atoms with Gasteiger partial charge in [-0.3, -0.25) is 4.79 Å². The summed E-state index contributed by atoms with van der Waals surface area (Å²) in [5.74, 6) is -0.350. The van der Waals surface area contributed by atoms with Gasteiger partial charge in [0.05, 0.1) is 10.6 Å². The number of piperidine rings is 1. The number of nitrogens with zero attached hydrogens (tertiary/aromatic N) is 2. The summed E-state index contributed by atoms with van der Waals surface area (Å²) in [5.41, 5.74) is 3.86. The van der Waals surface area contributed by atoms with E-state index in [9.17, 15) is 13.2 Å². The Balaban J connectivity index is 1.22. The van der Waals surface area contributed by atoms with Crippen LogP contribution in [0, 0.1) is 12.8 Å². The molecule has 1 fully saturated rings. The number of H-pyrrole nitrogens is 1. The van der Waals surface area contributed by atoms with E-state index >= 15 is 0 Å². The second-order valence-electron chi connectivity index (χ2n) is 8.27. The molecule has 170 valence electrons. The molecule has 2 N–H and O–H groups in total. The van der Waals surface area contributed by atoms with Gasteiger partial charge in [-0.1, -0.05) is 35.9 Å². The molecule has 9 heteroatoms. The van der Waals surface area contributed by atoms with E-state index in [4.69, 9.17) is 0 Å². The van der Waals surface area contributed by atoms with Crippen molar-refractivity contribution in [3.05, 3.63) is 65.7 Å². The third-order valence-electron chi connectivity index (χ3n) is 6.08. The molecule has 0 atom stereocenters. The zero-order chi connectivity index (χ0) is 23.0. The molecular weight excluding hydrogens is 456 g/mol. The maximum Gasteiger partial charge on any atom is 0.243 e. The quantitative estimate of drug-likeness (QED) is 0.435. The first-order chi connectivity index (χ1) is 15.9. The molecule has 1 aliphatic rings. The van der Waals surface area contributed by atoms with Gasteiger partial charge in [0, 0.05) is 47.1 Å². The molecule has 0 saturated carbocycles. The van der Waals surface area contributed by atoms with Crippen molar-refractivity contribution in [2.75, 3.05) is 18.4 Å². The van der Waals surface area contributed by atoms with Gasteiger partial charge in [-0.15, -0.1) is 11.3 Å². The van der Waals surface area contributed by atoms with Gasteiger partial charge < -0.3 is 10.3 Å². The average molecular weight is 481 g/mol. The summed E-state index contributed by atoms with van der Waals surface area (Å²) in [4.78, 5) is 21.0. The fraction of sp³-hybridized carbons (Fsp3) is 0.250. The van der Waals surface area contributed by atoms with Crippen LogP contribution in [0.2, 0.25) is 0 Å². The summed E-state index contributed by atoms with van der Waals surface area (Å²) in [7, 11) is -3.54. The first-order valence-electron chi connectivity index (χ1n) is 10.8. The van der Waals surface area contributed by atoms with E-state index in [-0.39, 0.29) is 11.8 Å². The highest BCUT2D eigenvalue weighted by Gasteiger charge is 2.32. The van der Waals surface area contributed by atoms with Gasteiger partial charge in [0.15, 0.2) is 5.13 Å². The van der Waals surface area contributed by atoms with Gasteiger partial charge in [0.1, 0.15) is 0 Å². The first kappa shape index (κ1) is 21.8. The molecule has 1 saturated heterocycles. The molecule has 0 bridgehead atoms. The Labute approximate surface area is 196 Å². The number of rotatable bonds is 5. The molecule has 3 heterocycles. The highest BCUT2D eigenvalue weighted by Crippen LogP contribution is 2.31. The molecule has 7 nitrogen and oxygen atoms in total. The Bertz CT molecular complexity index is 1400. The summed E-state index contributed by atoms with van der Waals surface area (Å²) >= 11 is 1.39. The Morgan fingerprint density at radius 1 is 1.12 bits per heavy atom. The Hall–Kier alpha value is -3.01. The van der Waals surface area contributed by atoms with Crippen molar-refractivity contribution < 1.29 is 13.2 Å². The van der Waals surface area contributed by atoms with E-state index in [0.717, 1.165) is 27.7 Å². The molecule has 1 aliphatic heterocycles. The fourth-order valence-electron chi connectivity index (χ4n) is 4.16. The van der Waals surface area contributed by atoms with Crippen molar-refractivity contribution in [3.63, 3.8) is 0 Å². The zero-order valence-electron chi connectivity index (χ0n) is 18.1. The van der Waals surface area contributed by atoms with Crippen LogP contribution in [0.3, 0.4) is 0 Å². The van der Waals surface area contributed by atoms with Gasteiger partial charge in [-0.2, -0.15) is 4.31 Å². The number of benzene rings is 2. The minimum atomic E-state index is -3.54. The van der Waals surface area contributed by atoms with Gasteiger partial charge in [-0.25, -0.2) is 13.4 Å². The molecule has 5 rings (SSSR count). The molecule has 0 spiro atoms. The van der Waals surface area contributed by atoms with E-state index in [1.165, 1.54) is 15.6 Å². The molecule has 0 unspecified atom stereocenters. The number of fused-ring (bicyclic) bond motifs is 1. The lowest BCUT2D eigenvalue weighted by Gasteiger charge is -2.30. The van der Waals surface area contributed by atoms with Crippen LogP contribution in [-0.4, -0.2) is 41.7 Å². The van der Waals surface area contributed by atoms with Gasteiger partial charge >= 0.3 is 0 Å². The van der Waals surface area contributed by atoms with Crippen molar-refractivity contribution in [3.8, 4) is 11.3 Å². The predicted molar refractivity (Wildman–Crippen MR) is 131 cm³/mol. The first-order valence-corrected chi connectivity index (χ1v) is 13.1. The maximum atomic E-state index is 12.9. The lowest BCUT2D eigenvalue weighted by atomic mass is 9.97. The van der Waals surface area contributed by atoms with Crippen molar-refractivity contribution in [2.24, 2.45) is 5.92 Å². The number of aryl methyl sites for hydroxylation is 1. The number of thiazole rings is 1. The van der Waals surface area contributed by atoms with E-state index in [0.29, 0.717) is 36.0 Å². The second-order valence-corrected chi connectivity index (χ2v) is 11.1. The van der Waals surface area contributed by atoms with Crippen LogP contribution in [0.1, 0.15) is 18.4 Å². The number of aromatic amines is 1. The van der Waals surface area contributed by atoms with Gasteiger partial charge in [-0.05, 0) is 38.0 Å². The minimum Gasteiger partial charge on any atom is -0.360 e. The van der Waals surface area contributed by atoms with E-state index in [1.807, 2.05) is 42.8 Å². The summed E-state index contributed by atoms with van der Waals surface area (Å²) in [6, 6.07) is 14.9. The predicted octanol–water partition coefficient (Wildman–Crippen LogP) is 4.64. The number of sulfonamides is 1. The number of aromatic nitrogens is 2. The Kier molecular flexibility index (Phi) is 5.77. The lowest BCUT2D eigenvalue weighted by molar-refractivity contribution is -0.120. The van der Waals surface area contributed by atoms with Crippen molar-refractivity contribution >= 4 is 43.3 Å². The standard InChI is InChI=1S/C24H24N4O3S2/c1-16-6-8-18(9-7-16)33(30,31)28-12-10-17(11-13-28)23(29)27-24-26-22(15-32-24)20-14-25-21-5-3-2-4-19(20)21/h2-9,14-15,17,25H,10-13H2,1H3,(H,26,27,29). The van der Waals surface area contributed by atoms with Crippen molar-refractivity contribution in [1.29, 1.82) is 0 Å². The molecule has 0 radical (unpaired) electrons. The smallest absolute Gasteiger partial charge is 0.243 e. The fourth-order valence-corrected chi connectivity index (χ4v) is 6.35. The third-order valence-corrected chi connectivity index (χ3v) is 8.75. The normalized spacial score (nSPS) is 15.7. The topological polar surface area (TPSA) is 95.2 Å². The molecule has 33 heavy (non-hydrogen) atoms. The monoisotopic (exact) mass is 480 g/mol. The number of carbonyl (C=O) groups excluding carboxylic acids is 1. The third kappa shape index (κ3) is 4.31. The van der Waals surface area contributed by atoms with Crippen LogP contribution >= 0.6 is 11.3 Å². The molecule has 2 aromatic heterocycles. The van der Waals surface area contributed by atoms with Crippen LogP contribution in [0.15, 0.2) is 65.0 Å². The molecule has 1 amide bonds. The number of hydrogen-bond acceptors (Lipinski definition) is 5. The van der Waals surface area contributed by atoms with Crippen LogP contribution in [0.25, 0.3) is 22.2 Å². The molecule has 0 aliphatic carbocycles. The van der Waals surface area contributed by atoms with Crippen LogP contribution in [0.5, 0.6) is 0 Å². The zero-order valence-corrected chi connectivity index (χ0v) is 19.7. The van der Waals surface area contributed by atoms with Crippen molar-refractivity contribution in [2.45, 2.75) is 24.7 Å². The summed E-state index contributed by atoms with van der Waals surface area (Å²) in [6.07, 6.45) is 2.89. The Morgan fingerprint density at radius 3 is 2.61 bits per heavy atom. The minimum absolute atomic E-state index is 0.109. The van der Waals surface area contributed by atoms with E-state index in [1.54, 1.807) is 24.3 Å². The SMILES string of the molecule is Cc1ccc(S(=O)(=O)N2CCC(C(=O)Nc3nc(-c4c[nH]c5ccccc45)cs3)CC2)cc1. The number of carbonyl (C=O) groups is 1. The largest absolute Gasteiger partial charge is 0.360 e. The maximum absolute atomic E-state index is 12.9. The number of anilines is 1. The lowest BCUT2D eigenvalue weighted by Crippen LogP contribution is -2.41. The summed E-state index contributed by atoms with van der Waals surface area (Å²) in [6.45, 7) is 2.58. The van der Waals surface area contributed by atoms with Crippen LogP contribution in [0.4, 0.5) is 5.13 Å². The average Bonchev–Trinajstić information content (AvgIpc) is 3.46. The van der Waals surface area contributed by atoms with Gasteiger partial charge in [0.2, 0.25) is 15.9 Å². The van der Waals surface area contributed by atoms with E-state index in [2.05, 4.69) is 15.3 Å². The van der Waals surface area contributed by atoms with Gasteiger partial charge in [0.25, 0.3) is 0 Å². The molecule has 2 aromatic carbocycles. The number of nitrogens with one attached hydrogen (secondary N) is 2.